The van der Waals surface area contributed by atoms with Crippen LogP contribution < -0.4 is 0 Å². The van der Waals surface area contributed by atoms with E-state index in [4.69, 9.17) is 0 Å². The van der Waals surface area contributed by atoms with E-state index in [2.05, 4.69) is 30.6 Å². The molecule has 1 nitrogen and oxygen atoms in total. The van der Waals surface area contributed by atoms with E-state index in [-0.39, 0.29) is 0 Å². The van der Waals surface area contributed by atoms with Crippen molar-refractivity contribution in [3.63, 3.8) is 0 Å². The van der Waals surface area contributed by atoms with Crippen molar-refractivity contribution in [3.8, 4) is 0 Å². The molecule has 0 spiro atoms. The van der Waals surface area contributed by atoms with Crippen LogP contribution in [-0.4, -0.2) is 6.21 Å². The lowest BCUT2D eigenvalue weighted by Gasteiger charge is -1.99. The predicted molar refractivity (Wildman–Crippen MR) is 79.4 cm³/mol. The Bertz CT molecular complexity index is 372. The van der Waals surface area contributed by atoms with Crippen molar-refractivity contribution in [1.29, 1.82) is 0 Å². The molecule has 0 fully saturated rings. The predicted octanol–water partition coefficient (Wildman–Crippen LogP) is 5.11. The molecule has 0 saturated carbocycles. The van der Waals surface area contributed by atoms with Gasteiger partial charge in [0.05, 0.1) is 0 Å². The van der Waals surface area contributed by atoms with Crippen LogP contribution in [0.25, 0.3) is 5.57 Å². The average molecular weight is 229 g/mol. The maximum atomic E-state index is 3.98. The lowest BCUT2D eigenvalue weighted by molar-refractivity contribution is 1.24. The molecule has 0 aliphatic carbocycles. The zero-order chi connectivity index (χ0) is 13.1. The highest BCUT2D eigenvalue weighted by molar-refractivity contribution is 5.62. The van der Waals surface area contributed by atoms with Gasteiger partial charge in [-0.25, -0.2) is 0 Å². The molecule has 0 aromatic heterocycles. The second-order valence-electron chi connectivity index (χ2n) is 3.64. The van der Waals surface area contributed by atoms with Gasteiger partial charge in [-0.1, -0.05) is 49.9 Å². The van der Waals surface area contributed by atoms with Crippen molar-refractivity contribution in [2.75, 3.05) is 0 Å². The number of aliphatic imine (C=N–C) groups is 1. The third-order valence-corrected chi connectivity index (χ3v) is 2.36. The molecule has 1 heteroatoms. The molecule has 0 saturated heterocycles. The summed E-state index contributed by atoms with van der Waals surface area (Å²) in [5, 5.41) is 0. The van der Waals surface area contributed by atoms with Crippen LogP contribution in [0.2, 0.25) is 0 Å². The fourth-order valence-electron chi connectivity index (χ4n) is 1.16. The minimum absolute atomic E-state index is 1.03. The van der Waals surface area contributed by atoms with Gasteiger partial charge in [0.2, 0.25) is 0 Å². The standard InChI is InChI=1S/C10H12.C6H11N/c1-3-9(2)10-7-5-4-6-8-10;1-4-6(3)7-5-2/h4-8H,2-3H2,1H3;4-5H,1-3H3/b;6-4-,7-5?. The Balaban J connectivity index is 0.000000325. The number of rotatable bonds is 3. The van der Waals surface area contributed by atoms with Gasteiger partial charge in [-0.05, 0) is 38.3 Å². The van der Waals surface area contributed by atoms with E-state index < -0.39 is 0 Å². The second kappa shape index (κ2) is 9.59. The first-order valence-corrected chi connectivity index (χ1v) is 6.00. The van der Waals surface area contributed by atoms with E-state index in [9.17, 15) is 0 Å². The molecule has 0 atom stereocenters. The molecular weight excluding hydrogens is 206 g/mol. The maximum absolute atomic E-state index is 3.98. The number of benzene rings is 1. The summed E-state index contributed by atoms with van der Waals surface area (Å²) < 4.78 is 0. The molecular formula is C16H23N. The Kier molecular flexibility index (Phi) is 8.67. The maximum Gasteiger partial charge on any atom is 0.0326 e. The largest absolute Gasteiger partial charge is 0.267 e. The summed E-state index contributed by atoms with van der Waals surface area (Å²) in [7, 11) is 0. The van der Waals surface area contributed by atoms with Crippen LogP contribution in [0.5, 0.6) is 0 Å². The van der Waals surface area contributed by atoms with Crippen LogP contribution in [0.3, 0.4) is 0 Å². The molecule has 92 valence electrons. The minimum atomic E-state index is 1.03. The van der Waals surface area contributed by atoms with E-state index in [1.165, 1.54) is 11.1 Å². The molecule has 0 aliphatic rings. The monoisotopic (exact) mass is 229 g/mol. The average Bonchev–Trinajstić information content (AvgIpc) is 2.39. The molecule has 0 bridgehead atoms. The molecule has 0 heterocycles. The zero-order valence-corrected chi connectivity index (χ0v) is 11.4. The molecule has 1 rings (SSSR count). The lowest BCUT2D eigenvalue weighted by atomic mass is 10.1. The van der Waals surface area contributed by atoms with Crippen molar-refractivity contribution in [2.24, 2.45) is 4.99 Å². The number of hydrogen-bond acceptors (Lipinski definition) is 1. The van der Waals surface area contributed by atoms with Gasteiger partial charge in [0, 0.05) is 11.9 Å². The van der Waals surface area contributed by atoms with Gasteiger partial charge in [-0.2, -0.15) is 0 Å². The zero-order valence-electron chi connectivity index (χ0n) is 11.4. The number of nitrogens with zero attached hydrogens (tertiary/aromatic N) is 1. The van der Waals surface area contributed by atoms with Gasteiger partial charge >= 0.3 is 0 Å². The van der Waals surface area contributed by atoms with E-state index >= 15 is 0 Å². The summed E-state index contributed by atoms with van der Waals surface area (Å²) in [6, 6.07) is 10.3. The molecule has 0 amide bonds. The van der Waals surface area contributed by atoms with E-state index in [1.54, 1.807) is 6.21 Å². The Morgan fingerprint density at radius 2 is 1.82 bits per heavy atom. The van der Waals surface area contributed by atoms with Crippen molar-refractivity contribution >= 4 is 11.8 Å². The normalized spacial score (nSPS) is 10.9. The Hall–Kier alpha value is -1.63. The molecule has 1 aromatic rings. The van der Waals surface area contributed by atoms with Crippen LogP contribution in [0, 0.1) is 0 Å². The van der Waals surface area contributed by atoms with Gasteiger partial charge in [0.1, 0.15) is 0 Å². The van der Waals surface area contributed by atoms with Crippen LogP contribution in [-0.2, 0) is 0 Å². The Labute approximate surface area is 106 Å². The molecule has 0 N–H and O–H groups in total. The number of hydrogen-bond donors (Lipinski definition) is 0. The first-order chi connectivity index (χ1) is 8.15. The highest BCUT2D eigenvalue weighted by Gasteiger charge is 1.91. The smallest absolute Gasteiger partial charge is 0.0326 e. The molecule has 1 aromatic carbocycles. The minimum Gasteiger partial charge on any atom is -0.267 e. The summed E-state index contributed by atoms with van der Waals surface area (Å²) in [4.78, 5) is 3.98. The fourth-order valence-corrected chi connectivity index (χ4v) is 1.16. The van der Waals surface area contributed by atoms with Crippen molar-refractivity contribution < 1.29 is 0 Å². The topological polar surface area (TPSA) is 12.4 Å². The Morgan fingerprint density at radius 1 is 1.24 bits per heavy atom. The SMILES string of the molecule is C=C(CC)c1ccccc1.CC=N/C(C)=C\C. The quantitative estimate of drug-likeness (QED) is 0.639. The van der Waals surface area contributed by atoms with Crippen LogP contribution in [0.1, 0.15) is 39.7 Å². The fraction of sp³-hybridized carbons (Fsp3) is 0.312. The van der Waals surface area contributed by atoms with E-state index in [0.29, 0.717) is 0 Å². The molecule has 17 heavy (non-hydrogen) atoms. The third kappa shape index (κ3) is 7.29. The highest BCUT2D eigenvalue weighted by Crippen LogP contribution is 2.13. The third-order valence-electron chi connectivity index (χ3n) is 2.36. The van der Waals surface area contributed by atoms with E-state index in [1.807, 2.05) is 45.0 Å². The summed E-state index contributed by atoms with van der Waals surface area (Å²) in [6.07, 6.45) is 4.79. The number of allylic oxidation sites excluding steroid dienone is 3. The second-order valence-corrected chi connectivity index (χ2v) is 3.64. The van der Waals surface area contributed by atoms with Crippen molar-refractivity contribution in [3.05, 3.63) is 54.2 Å². The van der Waals surface area contributed by atoms with Gasteiger partial charge in [-0.3, -0.25) is 4.99 Å². The molecule has 0 aliphatic heterocycles. The van der Waals surface area contributed by atoms with Crippen LogP contribution >= 0.6 is 0 Å². The van der Waals surface area contributed by atoms with Crippen LogP contribution in [0.15, 0.2) is 53.7 Å². The Morgan fingerprint density at radius 3 is 2.18 bits per heavy atom. The summed E-state index contributed by atoms with van der Waals surface area (Å²) >= 11 is 0. The van der Waals surface area contributed by atoms with Crippen molar-refractivity contribution in [1.82, 2.24) is 0 Å². The van der Waals surface area contributed by atoms with Gasteiger partial charge in [0.25, 0.3) is 0 Å². The summed E-state index contributed by atoms with van der Waals surface area (Å²) in [6.45, 7) is 11.9. The van der Waals surface area contributed by atoms with Gasteiger partial charge in [-0.15, -0.1) is 0 Å². The first kappa shape index (κ1) is 15.4. The lowest BCUT2D eigenvalue weighted by Crippen LogP contribution is -1.77. The van der Waals surface area contributed by atoms with Crippen molar-refractivity contribution in [2.45, 2.75) is 34.1 Å². The molecule has 0 unspecified atom stereocenters. The summed E-state index contributed by atoms with van der Waals surface area (Å²) in [5.41, 5.74) is 3.54. The van der Waals surface area contributed by atoms with E-state index in [0.717, 1.165) is 12.1 Å². The summed E-state index contributed by atoms with van der Waals surface area (Å²) in [5.74, 6) is 0. The van der Waals surface area contributed by atoms with Crippen LogP contribution in [0.4, 0.5) is 0 Å². The molecule has 0 radical (unpaired) electrons. The highest BCUT2D eigenvalue weighted by atomic mass is 14.7. The van der Waals surface area contributed by atoms with Gasteiger partial charge in [0.15, 0.2) is 0 Å². The van der Waals surface area contributed by atoms with Gasteiger partial charge < -0.3 is 0 Å². The first-order valence-electron chi connectivity index (χ1n) is 6.00.